The van der Waals surface area contributed by atoms with E-state index in [1.165, 1.54) is 22.2 Å². The van der Waals surface area contributed by atoms with Crippen molar-refractivity contribution >= 4 is 49.8 Å². The Morgan fingerprint density at radius 3 is 2.78 bits per heavy atom. The summed E-state index contributed by atoms with van der Waals surface area (Å²) in [5, 5.41) is 10.4. The van der Waals surface area contributed by atoms with Crippen LogP contribution in [0, 0.1) is 14.9 Å². The van der Waals surface area contributed by atoms with Crippen molar-refractivity contribution in [2.24, 2.45) is 18.4 Å². The highest BCUT2D eigenvalue weighted by atomic mass is 127. The molecule has 5 rings (SSSR count). The first-order valence-corrected chi connectivity index (χ1v) is 11.1. The molecule has 27 heavy (non-hydrogen) atoms. The van der Waals surface area contributed by atoms with Gasteiger partial charge in [0.25, 0.3) is 0 Å². The lowest BCUT2D eigenvalue weighted by atomic mass is 9.72. The number of fused-ring (bicyclic) bond motifs is 5. The molecule has 6 nitrogen and oxygen atoms in total. The van der Waals surface area contributed by atoms with Crippen molar-refractivity contribution < 1.29 is 0 Å². The first-order valence-electron chi connectivity index (χ1n) is 9.16. The summed E-state index contributed by atoms with van der Waals surface area (Å²) < 4.78 is 4.66. The number of thiophene rings is 1. The Morgan fingerprint density at radius 1 is 1.26 bits per heavy atom. The quantitative estimate of drug-likeness (QED) is 0.368. The zero-order valence-corrected chi connectivity index (χ0v) is 18.8. The Kier molecular flexibility index (Phi) is 3.88. The van der Waals surface area contributed by atoms with E-state index in [9.17, 15) is 0 Å². The van der Waals surface area contributed by atoms with Crippen molar-refractivity contribution in [2.45, 2.75) is 40.0 Å². The van der Waals surface area contributed by atoms with Gasteiger partial charge in [0.2, 0.25) is 5.82 Å². The molecule has 8 heteroatoms. The van der Waals surface area contributed by atoms with Crippen molar-refractivity contribution in [1.82, 2.24) is 29.4 Å². The fourth-order valence-corrected chi connectivity index (χ4v) is 6.04. The lowest BCUT2D eigenvalue weighted by Gasteiger charge is -2.33. The van der Waals surface area contributed by atoms with Gasteiger partial charge in [0.1, 0.15) is 16.9 Å². The van der Waals surface area contributed by atoms with Gasteiger partial charge in [-0.15, -0.1) is 16.4 Å². The summed E-state index contributed by atoms with van der Waals surface area (Å²) in [6, 6.07) is 0. The molecule has 1 aliphatic carbocycles. The molecular formula is C19H21IN6S. The van der Waals surface area contributed by atoms with Crippen LogP contribution in [-0.2, 0) is 19.9 Å². The summed E-state index contributed by atoms with van der Waals surface area (Å²) in [6.07, 6.45) is 7.23. The van der Waals surface area contributed by atoms with Crippen LogP contribution in [0.3, 0.4) is 0 Å². The Bertz CT molecular complexity index is 1180. The summed E-state index contributed by atoms with van der Waals surface area (Å²) in [4.78, 5) is 12.1. The van der Waals surface area contributed by atoms with E-state index in [2.05, 4.69) is 58.5 Å². The molecule has 140 valence electrons. The lowest BCUT2D eigenvalue weighted by Crippen LogP contribution is -2.26. The lowest BCUT2D eigenvalue weighted by molar-refractivity contribution is 0.218. The smallest absolute Gasteiger partial charge is 0.203 e. The average Bonchev–Trinajstić information content (AvgIpc) is 3.26. The van der Waals surface area contributed by atoms with Crippen molar-refractivity contribution in [3.8, 4) is 11.5 Å². The van der Waals surface area contributed by atoms with Crippen LogP contribution in [0.2, 0.25) is 0 Å². The average molecular weight is 492 g/mol. The Morgan fingerprint density at radius 2 is 2.07 bits per heavy atom. The minimum atomic E-state index is 0.342. The number of halogens is 1. The number of aryl methyl sites for hydroxylation is 2. The van der Waals surface area contributed by atoms with Gasteiger partial charge in [0.05, 0.1) is 8.96 Å². The van der Waals surface area contributed by atoms with E-state index < -0.39 is 0 Å². The van der Waals surface area contributed by atoms with E-state index in [0.29, 0.717) is 11.2 Å². The number of aromatic nitrogens is 6. The maximum atomic E-state index is 4.87. The Hall–Kier alpha value is -1.55. The van der Waals surface area contributed by atoms with Crippen LogP contribution in [-0.4, -0.2) is 29.4 Å². The van der Waals surface area contributed by atoms with Crippen molar-refractivity contribution in [3.05, 3.63) is 26.5 Å². The molecule has 4 heterocycles. The minimum Gasteiger partial charge on any atom is -0.274 e. The molecule has 4 aromatic rings. The monoisotopic (exact) mass is 492 g/mol. The second-order valence-corrected chi connectivity index (χ2v) is 10.7. The zero-order chi connectivity index (χ0) is 18.9. The number of rotatable bonds is 1. The molecular weight excluding hydrogens is 471 g/mol. The predicted octanol–water partition coefficient (Wildman–Crippen LogP) is 4.50. The van der Waals surface area contributed by atoms with Gasteiger partial charge in [-0.1, -0.05) is 20.8 Å². The normalized spacial score (nSPS) is 17.7. The van der Waals surface area contributed by atoms with Gasteiger partial charge < -0.3 is 0 Å². The maximum absolute atomic E-state index is 4.87. The summed E-state index contributed by atoms with van der Waals surface area (Å²) in [5.41, 5.74) is 3.51. The zero-order valence-electron chi connectivity index (χ0n) is 15.8. The second kappa shape index (κ2) is 5.97. The van der Waals surface area contributed by atoms with Crippen molar-refractivity contribution in [3.63, 3.8) is 0 Å². The van der Waals surface area contributed by atoms with E-state index in [4.69, 9.17) is 4.98 Å². The molecule has 1 aliphatic rings. The molecule has 0 saturated carbocycles. The summed E-state index contributed by atoms with van der Waals surface area (Å²) >= 11 is 4.12. The molecule has 0 fully saturated rings. The largest absolute Gasteiger partial charge is 0.274 e. The fourth-order valence-electron chi connectivity index (χ4n) is 4.03. The number of nitrogens with zero attached hydrogens (tertiary/aromatic N) is 6. The van der Waals surface area contributed by atoms with Crippen molar-refractivity contribution in [1.29, 1.82) is 0 Å². The highest BCUT2D eigenvalue weighted by molar-refractivity contribution is 14.1. The van der Waals surface area contributed by atoms with Crippen LogP contribution in [0.25, 0.3) is 27.4 Å². The topological polar surface area (TPSA) is 60.9 Å². The second-order valence-electron chi connectivity index (χ2n) is 8.44. The van der Waals surface area contributed by atoms with Gasteiger partial charge in [0, 0.05) is 18.1 Å². The van der Waals surface area contributed by atoms with E-state index >= 15 is 0 Å². The molecule has 0 aliphatic heterocycles. The van der Waals surface area contributed by atoms with Crippen molar-refractivity contribution in [2.75, 3.05) is 0 Å². The first-order chi connectivity index (χ1) is 12.8. The molecule has 0 spiro atoms. The molecule has 0 amide bonds. The summed E-state index contributed by atoms with van der Waals surface area (Å²) in [7, 11) is 1.92. The number of hydrogen-bond donors (Lipinski definition) is 0. The summed E-state index contributed by atoms with van der Waals surface area (Å²) in [5.74, 6) is 1.38. The molecule has 0 saturated heterocycles. The first kappa shape index (κ1) is 17.5. The molecule has 0 radical (unpaired) electrons. The van der Waals surface area contributed by atoms with Gasteiger partial charge in [-0.2, -0.15) is 5.10 Å². The van der Waals surface area contributed by atoms with Crippen LogP contribution < -0.4 is 0 Å². The fraction of sp³-hybridized carbons (Fsp3) is 0.474. The van der Waals surface area contributed by atoms with Gasteiger partial charge in [-0.25, -0.2) is 14.5 Å². The van der Waals surface area contributed by atoms with Gasteiger partial charge >= 0.3 is 0 Å². The van der Waals surface area contributed by atoms with E-state index in [1.54, 1.807) is 11.0 Å². The number of hydrogen-bond acceptors (Lipinski definition) is 5. The van der Waals surface area contributed by atoms with Crippen LogP contribution >= 0.6 is 33.9 Å². The standard InChI is InChI=1S/C19H21IN6S/c1-19(2,3)10-5-6-11-13(7-10)27-18-14(11)17-22-16(24-26(17)9-21-18)15-12(20)8-25(4)23-15/h8-10H,5-7H2,1-4H3/t10-/m1/s1. The SMILES string of the molecule is Cn1cc(I)c(-c2nc3c4c5c(sc4ncn3n2)C[C@H](C(C)(C)C)CC5)n1. The molecule has 0 bridgehead atoms. The van der Waals surface area contributed by atoms with Crippen LogP contribution in [0.1, 0.15) is 37.6 Å². The molecule has 0 unspecified atom stereocenters. The molecule has 4 aromatic heterocycles. The van der Waals surface area contributed by atoms with Gasteiger partial charge in [0.15, 0.2) is 5.65 Å². The highest BCUT2D eigenvalue weighted by Gasteiger charge is 2.32. The highest BCUT2D eigenvalue weighted by Crippen LogP contribution is 2.43. The van der Waals surface area contributed by atoms with Crippen LogP contribution in [0.5, 0.6) is 0 Å². The third-order valence-corrected chi connectivity index (χ3v) is 7.56. The van der Waals surface area contributed by atoms with Gasteiger partial charge in [-0.3, -0.25) is 4.68 Å². The van der Waals surface area contributed by atoms with E-state index in [1.807, 2.05) is 29.1 Å². The van der Waals surface area contributed by atoms with Gasteiger partial charge in [-0.05, 0) is 58.7 Å². The Balaban J connectivity index is 1.68. The molecule has 0 N–H and O–H groups in total. The molecule has 0 aromatic carbocycles. The predicted molar refractivity (Wildman–Crippen MR) is 116 cm³/mol. The summed E-state index contributed by atoms with van der Waals surface area (Å²) in [6.45, 7) is 7.06. The van der Waals surface area contributed by atoms with Crippen LogP contribution in [0.15, 0.2) is 12.5 Å². The van der Waals surface area contributed by atoms with Crippen LogP contribution in [0.4, 0.5) is 0 Å². The molecule has 1 atom stereocenters. The Labute approximate surface area is 175 Å². The third kappa shape index (κ3) is 2.79. The third-order valence-electron chi connectivity index (χ3n) is 5.61. The minimum absolute atomic E-state index is 0.342. The van der Waals surface area contributed by atoms with E-state index in [0.717, 1.165) is 38.5 Å². The maximum Gasteiger partial charge on any atom is 0.203 e. The van der Waals surface area contributed by atoms with E-state index in [-0.39, 0.29) is 0 Å².